The third-order valence-electron chi connectivity index (χ3n) is 2.18. The summed E-state index contributed by atoms with van der Waals surface area (Å²) in [5, 5.41) is 3.57. The molecule has 66 valence electrons. The minimum absolute atomic E-state index is 0.549. The van der Waals surface area contributed by atoms with E-state index in [0.29, 0.717) is 12.0 Å². The molecule has 0 saturated heterocycles. The summed E-state index contributed by atoms with van der Waals surface area (Å²) in [5.74, 6) is 0.676. The molecule has 0 aromatic carbocycles. The molecule has 0 heterocycles. The van der Waals surface area contributed by atoms with Gasteiger partial charge in [-0.25, -0.2) is 0 Å². The Hall–Kier alpha value is -0.0800. The maximum atomic E-state index is 5.13. The topological polar surface area (TPSA) is 21.3 Å². The standard InChI is InChI=1S/C9H19NO/c1-7(2)9(6-11-3)10-8-4-5-8/h7-10H,4-6H2,1-3H3. The van der Waals surface area contributed by atoms with Gasteiger partial charge in [0.1, 0.15) is 0 Å². The Bertz CT molecular complexity index is 110. The van der Waals surface area contributed by atoms with Gasteiger partial charge in [-0.3, -0.25) is 0 Å². The van der Waals surface area contributed by atoms with Crippen LogP contribution >= 0.6 is 0 Å². The quantitative estimate of drug-likeness (QED) is 0.651. The van der Waals surface area contributed by atoms with Crippen LogP contribution < -0.4 is 5.32 Å². The van der Waals surface area contributed by atoms with Crippen molar-refractivity contribution >= 4 is 0 Å². The van der Waals surface area contributed by atoms with Gasteiger partial charge in [0, 0.05) is 19.2 Å². The third kappa shape index (κ3) is 3.21. The van der Waals surface area contributed by atoms with Crippen molar-refractivity contribution in [1.29, 1.82) is 0 Å². The Labute approximate surface area is 69.3 Å². The average Bonchev–Trinajstić information content (AvgIpc) is 2.70. The molecule has 11 heavy (non-hydrogen) atoms. The summed E-state index contributed by atoms with van der Waals surface area (Å²) in [4.78, 5) is 0. The number of hydrogen-bond donors (Lipinski definition) is 1. The van der Waals surface area contributed by atoms with Crippen LogP contribution in [0.15, 0.2) is 0 Å². The molecule has 1 unspecified atom stereocenters. The first kappa shape index (κ1) is 9.01. The minimum atomic E-state index is 0.549. The van der Waals surface area contributed by atoms with Gasteiger partial charge in [0.25, 0.3) is 0 Å². The van der Waals surface area contributed by atoms with Crippen LogP contribution in [0.1, 0.15) is 26.7 Å². The van der Waals surface area contributed by atoms with E-state index < -0.39 is 0 Å². The van der Waals surface area contributed by atoms with E-state index in [1.165, 1.54) is 12.8 Å². The van der Waals surface area contributed by atoms with E-state index in [9.17, 15) is 0 Å². The summed E-state index contributed by atoms with van der Waals surface area (Å²) in [6.07, 6.45) is 2.71. The van der Waals surface area contributed by atoms with E-state index in [2.05, 4.69) is 19.2 Å². The third-order valence-corrected chi connectivity index (χ3v) is 2.18. The van der Waals surface area contributed by atoms with E-state index in [1.807, 2.05) is 0 Å². The molecule has 1 fully saturated rings. The van der Waals surface area contributed by atoms with Crippen LogP contribution in [0.5, 0.6) is 0 Å². The first-order valence-electron chi connectivity index (χ1n) is 4.49. The highest BCUT2D eigenvalue weighted by atomic mass is 16.5. The monoisotopic (exact) mass is 157 g/mol. The summed E-state index contributed by atoms with van der Waals surface area (Å²) in [5.41, 5.74) is 0. The second kappa shape index (κ2) is 4.07. The van der Waals surface area contributed by atoms with Crippen LogP contribution in [-0.4, -0.2) is 25.8 Å². The zero-order valence-corrected chi connectivity index (χ0v) is 7.76. The number of rotatable bonds is 5. The maximum absolute atomic E-state index is 5.13. The van der Waals surface area contributed by atoms with Crippen molar-refractivity contribution in [2.24, 2.45) is 5.92 Å². The molecule has 1 aliphatic rings. The molecular formula is C9H19NO. The van der Waals surface area contributed by atoms with E-state index in [-0.39, 0.29) is 0 Å². The summed E-state index contributed by atoms with van der Waals surface area (Å²) in [6.45, 7) is 5.31. The van der Waals surface area contributed by atoms with Gasteiger partial charge in [-0.05, 0) is 18.8 Å². The molecule has 1 rings (SSSR count). The molecule has 0 aromatic rings. The number of hydrogen-bond acceptors (Lipinski definition) is 2. The van der Waals surface area contributed by atoms with Crippen molar-refractivity contribution < 1.29 is 4.74 Å². The second-order valence-corrected chi connectivity index (χ2v) is 3.75. The smallest absolute Gasteiger partial charge is 0.0618 e. The molecule has 1 atom stereocenters. The molecule has 0 aromatic heterocycles. The lowest BCUT2D eigenvalue weighted by molar-refractivity contribution is 0.146. The van der Waals surface area contributed by atoms with Crippen molar-refractivity contribution in [1.82, 2.24) is 5.32 Å². The van der Waals surface area contributed by atoms with Gasteiger partial charge in [0.2, 0.25) is 0 Å². The van der Waals surface area contributed by atoms with Gasteiger partial charge in [0.05, 0.1) is 6.61 Å². The molecule has 0 bridgehead atoms. The number of nitrogens with one attached hydrogen (secondary N) is 1. The number of ether oxygens (including phenoxy) is 1. The fourth-order valence-electron chi connectivity index (χ4n) is 1.17. The van der Waals surface area contributed by atoms with Gasteiger partial charge in [-0.15, -0.1) is 0 Å². The van der Waals surface area contributed by atoms with Gasteiger partial charge < -0.3 is 10.1 Å². The fraction of sp³-hybridized carbons (Fsp3) is 1.00. The van der Waals surface area contributed by atoms with Crippen molar-refractivity contribution in [3.05, 3.63) is 0 Å². The van der Waals surface area contributed by atoms with E-state index in [0.717, 1.165) is 12.6 Å². The van der Waals surface area contributed by atoms with Gasteiger partial charge in [-0.1, -0.05) is 13.8 Å². The maximum Gasteiger partial charge on any atom is 0.0618 e. The van der Waals surface area contributed by atoms with E-state index in [1.54, 1.807) is 7.11 Å². The molecule has 2 nitrogen and oxygen atoms in total. The SMILES string of the molecule is COCC(NC1CC1)C(C)C. The Kier molecular flexibility index (Phi) is 3.34. The summed E-state index contributed by atoms with van der Waals surface area (Å²) in [7, 11) is 1.77. The molecule has 0 radical (unpaired) electrons. The minimum Gasteiger partial charge on any atom is -0.383 e. The molecule has 2 heteroatoms. The van der Waals surface area contributed by atoms with E-state index >= 15 is 0 Å². The summed E-state index contributed by atoms with van der Waals surface area (Å²) < 4.78 is 5.13. The predicted molar refractivity (Wildman–Crippen MR) is 46.7 cm³/mol. The van der Waals surface area contributed by atoms with Crippen LogP contribution in [0.25, 0.3) is 0 Å². The van der Waals surface area contributed by atoms with Crippen molar-refractivity contribution in [2.45, 2.75) is 38.8 Å². The average molecular weight is 157 g/mol. The molecule has 0 aliphatic heterocycles. The van der Waals surface area contributed by atoms with Crippen molar-refractivity contribution in [3.63, 3.8) is 0 Å². The Balaban J connectivity index is 2.19. The van der Waals surface area contributed by atoms with Crippen molar-refractivity contribution in [2.75, 3.05) is 13.7 Å². The lowest BCUT2D eigenvalue weighted by Gasteiger charge is -2.21. The second-order valence-electron chi connectivity index (χ2n) is 3.75. The summed E-state index contributed by atoms with van der Waals surface area (Å²) in [6, 6.07) is 1.34. The molecule has 1 N–H and O–H groups in total. The largest absolute Gasteiger partial charge is 0.383 e. The lowest BCUT2D eigenvalue weighted by Crippen LogP contribution is -2.38. The molecule has 0 amide bonds. The molecule has 1 aliphatic carbocycles. The fourth-order valence-corrected chi connectivity index (χ4v) is 1.17. The highest BCUT2D eigenvalue weighted by Crippen LogP contribution is 2.20. The van der Waals surface area contributed by atoms with Gasteiger partial charge >= 0.3 is 0 Å². The van der Waals surface area contributed by atoms with Crippen LogP contribution in [0.2, 0.25) is 0 Å². The summed E-state index contributed by atoms with van der Waals surface area (Å²) >= 11 is 0. The van der Waals surface area contributed by atoms with Crippen LogP contribution in [0.3, 0.4) is 0 Å². The molecule has 0 spiro atoms. The normalized spacial score (nSPS) is 20.7. The van der Waals surface area contributed by atoms with Crippen LogP contribution in [0.4, 0.5) is 0 Å². The van der Waals surface area contributed by atoms with Crippen molar-refractivity contribution in [3.8, 4) is 0 Å². The highest BCUT2D eigenvalue weighted by Gasteiger charge is 2.25. The molecular weight excluding hydrogens is 138 g/mol. The van der Waals surface area contributed by atoms with E-state index in [4.69, 9.17) is 4.74 Å². The van der Waals surface area contributed by atoms with Gasteiger partial charge in [0.15, 0.2) is 0 Å². The zero-order valence-electron chi connectivity index (χ0n) is 7.76. The predicted octanol–water partition coefficient (Wildman–Crippen LogP) is 1.41. The van der Waals surface area contributed by atoms with Gasteiger partial charge in [-0.2, -0.15) is 0 Å². The zero-order chi connectivity index (χ0) is 8.27. The highest BCUT2D eigenvalue weighted by molar-refractivity contribution is 4.85. The van der Waals surface area contributed by atoms with Crippen LogP contribution in [-0.2, 0) is 4.74 Å². The number of methoxy groups -OCH3 is 1. The Morgan fingerprint density at radius 1 is 1.45 bits per heavy atom. The first-order valence-corrected chi connectivity index (χ1v) is 4.49. The Morgan fingerprint density at radius 3 is 2.45 bits per heavy atom. The first-order chi connectivity index (χ1) is 5.24. The molecule has 1 saturated carbocycles. The Morgan fingerprint density at radius 2 is 2.09 bits per heavy atom. The lowest BCUT2D eigenvalue weighted by atomic mass is 10.1. The van der Waals surface area contributed by atoms with Crippen LogP contribution in [0, 0.1) is 5.92 Å².